The second-order valence-corrected chi connectivity index (χ2v) is 8.19. The molecule has 0 aromatic heterocycles. The first-order valence-corrected chi connectivity index (χ1v) is 10.9. The van der Waals surface area contributed by atoms with Gasteiger partial charge in [0.05, 0.1) is 0 Å². The Balaban J connectivity index is 2.12. The van der Waals surface area contributed by atoms with Crippen LogP contribution in [-0.4, -0.2) is 35.1 Å². The fourth-order valence-corrected chi connectivity index (χ4v) is 4.05. The highest BCUT2D eigenvalue weighted by atomic mass is 35.5. The molecule has 2 aromatic rings. The lowest BCUT2D eigenvalue weighted by Crippen LogP contribution is -2.47. The van der Waals surface area contributed by atoms with Crippen LogP contribution in [0.1, 0.15) is 25.8 Å². The second kappa shape index (κ2) is 11.3. The van der Waals surface area contributed by atoms with Gasteiger partial charge in [0.15, 0.2) is 0 Å². The monoisotopic (exact) mass is 438 g/mol. The number of thioether (sulfide) groups is 1. The van der Waals surface area contributed by atoms with Crippen molar-refractivity contribution >= 4 is 46.8 Å². The van der Waals surface area contributed by atoms with Crippen LogP contribution in [0.5, 0.6) is 0 Å². The molecule has 0 bridgehead atoms. The number of carbonyl (C=O) groups excluding carboxylic acids is 2. The minimum atomic E-state index is -0.624. The van der Waals surface area contributed by atoms with Crippen LogP contribution in [0, 0.1) is 0 Å². The van der Waals surface area contributed by atoms with Gasteiger partial charge in [-0.3, -0.25) is 9.59 Å². The van der Waals surface area contributed by atoms with Gasteiger partial charge in [-0.05, 0) is 38.1 Å². The van der Waals surface area contributed by atoms with E-state index >= 15 is 0 Å². The summed E-state index contributed by atoms with van der Waals surface area (Å²) in [6.45, 7) is 4.25. The fraction of sp³-hybridized carbons (Fsp3) is 0.333. The van der Waals surface area contributed by atoms with E-state index in [4.69, 9.17) is 23.2 Å². The number of benzene rings is 2. The number of nitrogens with zero attached hydrogens (tertiary/aromatic N) is 1. The van der Waals surface area contributed by atoms with Crippen LogP contribution in [0.15, 0.2) is 53.4 Å². The van der Waals surface area contributed by atoms with E-state index in [0.717, 1.165) is 4.90 Å². The van der Waals surface area contributed by atoms with Crippen LogP contribution in [0.2, 0.25) is 10.0 Å². The summed E-state index contributed by atoms with van der Waals surface area (Å²) in [5, 5.41) is 3.73. The number of nitrogens with one attached hydrogen (secondary N) is 1. The summed E-state index contributed by atoms with van der Waals surface area (Å²) in [7, 11) is 0. The Hall–Kier alpha value is -1.69. The van der Waals surface area contributed by atoms with Gasteiger partial charge in [0.1, 0.15) is 6.04 Å². The highest BCUT2D eigenvalue weighted by Crippen LogP contribution is 2.27. The molecule has 2 rings (SSSR count). The number of hydrogen-bond donors (Lipinski definition) is 1. The van der Waals surface area contributed by atoms with E-state index in [9.17, 15) is 9.59 Å². The van der Waals surface area contributed by atoms with Gasteiger partial charge in [0.2, 0.25) is 11.8 Å². The molecule has 0 saturated heterocycles. The van der Waals surface area contributed by atoms with Crippen molar-refractivity contribution in [1.82, 2.24) is 10.2 Å². The SMILES string of the molecule is CCNC(=O)[C@@H](C)N(Cc1c(Cl)cccc1Cl)C(=O)CCSc1ccccc1. The Kier molecular flexibility index (Phi) is 9.16. The van der Waals surface area contributed by atoms with E-state index in [1.54, 1.807) is 41.8 Å². The van der Waals surface area contributed by atoms with Gasteiger partial charge >= 0.3 is 0 Å². The first-order valence-electron chi connectivity index (χ1n) is 9.12. The van der Waals surface area contributed by atoms with Crippen LogP contribution in [0.4, 0.5) is 0 Å². The summed E-state index contributed by atoms with van der Waals surface area (Å²) in [6, 6.07) is 14.5. The molecule has 7 heteroatoms. The van der Waals surface area contributed by atoms with Crippen molar-refractivity contribution in [2.75, 3.05) is 12.3 Å². The molecule has 4 nitrogen and oxygen atoms in total. The Morgan fingerprint density at radius 3 is 2.32 bits per heavy atom. The molecule has 1 N–H and O–H groups in total. The zero-order valence-corrected chi connectivity index (χ0v) is 18.3. The number of amides is 2. The molecular weight excluding hydrogens is 415 g/mol. The van der Waals surface area contributed by atoms with Crippen molar-refractivity contribution in [3.63, 3.8) is 0 Å². The molecule has 0 saturated carbocycles. The van der Waals surface area contributed by atoms with Gasteiger partial charge in [-0.1, -0.05) is 47.5 Å². The number of likely N-dealkylation sites (N-methyl/N-ethyl adjacent to an activating group) is 1. The molecule has 0 radical (unpaired) electrons. The highest BCUT2D eigenvalue weighted by molar-refractivity contribution is 7.99. The molecule has 0 aliphatic carbocycles. The van der Waals surface area contributed by atoms with Gasteiger partial charge in [-0.25, -0.2) is 0 Å². The topological polar surface area (TPSA) is 49.4 Å². The van der Waals surface area contributed by atoms with Gasteiger partial charge in [0.25, 0.3) is 0 Å². The largest absolute Gasteiger partial charge is 0.355 e. The van der Waals surface area contributed by atoms with E-state index in [1.807, 2.05) is 37.3 Å². The Morgan fingerprint density at radius 1 is 1.07 bits per heavy atom. The molecule has 150 valence electrons. The average Bonchev–Trinajstić information content (AvgIpc) is 2.68. The van der Waals surface area contributed by atoms with Gasteiger partial charge in [-0.15, -0.1) is 11.8 Å². The zero-order valence-electron chi connectivity index (χ0n) is 16.0. The van der Waals surface area contributed by atoms with Crippen molar-refractivity contribution in [2.45, 2.75) is 37.8 Å². The number of halogens is 2. The fourth-order valence-electron chi connectivity index (χ4n) is 2.67. The summed E-state index contributed by atoms with van der Waals surface area (Å²) in [4.78, 5) is 28.0. The van der Waals surface area contributed by atoms with Crippen LogP contribution in [0.3, 0.4) is 0 Å². The predicted octanol–water partition coefficient (Wildman–Crippen LogP) is 5.03. The third-order valence-electron chi connectivity index (χ3n) is 4.24. The predicted molar refractivity (Wildman–Crippen MR) is 117 cm³/mol. The van der Waals surface area contributed by atoms with Crippen molar-refractivity contribution in [3.8, 4) is 0 Å². The van der Waals surface area contributed by atoms with E-state index in [2.05, 4.69) is 5.32 Å². The summed E-state index contributed by atoms with van der Waals surface area (Å²) >= 11 is 14.2. The Labute approximate surface area is 180 Å². The van der Waals surface area contributed by atoms with Crippen molar-refractivity contribution in [2.24, 2.45) is 0 Å². The number of rotatable bonds is 9. The lowest BCUT2D eigenvalue weighted by molar-refractivity contribution is -0.140. The van der Waals surface area contributed by atoms with E-state index in [-0.39, 0.29) is 18.4 Å². The quantitative estimate of drug-likeness (QED) is 0.558. The van der Waals surface area contributed by atoms with Crippen molar-refractivity contribution < 1.29 is 9.59 Å². The maximum Gasteiger partial charge on any atom is 0.242 e. The molecule has 0 spiro atoms. The molecule has 0 heterocycles. The third-order valence-corrected chi connectivity index (χ3v) is 5.96. The molecule has 2 amide bonds. The summed E-state index contributed by atoms with van der Waals surface area (Å²) in [6.07, 6.45) is 0.311. The Morgan fingerprint density at radius 2 is 1.71 bits per heavy atom. The van der Waals surface area contributed by atoms with Gasteiger partial charge < -0.3 is 10.2 Å². The normalized spacial score (nSPS) is 11.7. The summed E-state index contributed by atoms with van der Waals surface area (Å²) in [5.41, 5.74) is 0.644. The molecule has 2 aromatic carbocycles. The number of hydrogen-bond acceptors (Lipinski definition) is 3. The van der Waals surface area contributed by atoms with Crippen molar-refractivity contribution in [1.29, 1.82) is 0 Å². The minimum Gasteiger partial charge on any atom is -0.355 e. The standard InChI is InChI=1S/C21H24Cl2N2O2S/c1-3-24-21(27)15(2)25(14-17-18(22)10-7-11-19(17)23)20(26)12-13-28-16-8-5-4-6-9-16/h4-11,15H,3,12-14H2,1-2H3,(H,24,27)/t15-/m1/s1. The molecule has 0 unspecified atom stereocenters. The maximum absolute atomic E-state index is 13.0. The first kappa shape index (κ1) is 22.6. The average molecular weight is 439 g/mol. The van der Waals surface area contributed by atoms with Gasteiger partial charge in [0, 0.05) is 45.8 Å². The highest BCUT2D eigenvalue weighted by Gasteiger charge is 2.26. The van der Waals surface area contributed by atoms with Gasteiger partial charge in [-0.2, -0.15) is 0 Å². The summed E-state index contributed by atoms with van der Waals surface area (Å²) < 4.78 is 0. The summed E-state index contributed by atoms with van der Waals surface area (Å²) in [5.74, 6) is 0.311. The smallest absolute Gasteiger partial charge is 0.242 e. The molecule has 0 fully saturated rings. The maximum atomic E-state index is 13.0. The molecule has 0 aliphatic heterocycles. The Bertz CT molecular complexity index is 782. The molecule has 28 heavy (non-hydrogen) atoms. The van der Waals surface area contributed by atoms with E-state index < -0.39 is 6.04 Å². The van der Waals surface area contributed by atoms with Crippen LogP contribution in [-0.2, 0) is 16.1 Å². The van der Waals surface area contributed by atoms with E-state index in [1.165, 1.54) is 0 Å². The third kappa shape index (κ3) is 6.43. The molecule has 0 aliphatic rings. The van der Waals surface area contributed by atoms with Crippen molar-refractivity contribution in [3.05, 3.63) is 64.1 Å². The first-order chi connectivity index (χ1) is 13.4. The second-order valence-electron chi connectivity index (χ2n) is 6.20. The molecule has 1 atom stereocenters. The molecular formula is C21H24Cl2N2O2S. The van der Waals surface area contributed by atoms with Crippen LogP contribution in [0.25, 0.3) is 0 Å². The minimum absolute atomic E-state index is 0.113. The van der Waals surface area contributed by atoms with Crippen LogP contribution < -0.4 is 5.32 Å². The van der Waals surface area contributed by atoms with Crippen LogP contribution >= 0.6 is 35.0 Å². The van der Waals surface area contributed by atoms with E-state index in [0.29, 0.717) is 34.3 Å². The number of carbonyl (C=O) groups is 2. The zero-order chi connectivity index (χ0) is 20.5. The lowest BCUT2D eigenvalue weighted by Gasteiger charge is -2.29. The lowest BCUT2D eigenvalue weighted by atomic mass is 10.1.